The third-order valence-corrected chi connectivity index (χ3v) is 8.80. The zero-order valence-electron chi connectivity index (χ0n) is 20.9. The summed E-state index contributed by atoms with van der Waals surface area (Å²) < 4.78 is 30.0. The smallest absolute Gasteiger partial charge is 0.167 e. The minimum absolute atomic E-state index is 0.0242. The van der Waals surface area contributed by atoms with Crippen molar-refractivity contribution in [3.63, 3.8) is 0 Å². The second-order valence-corrected chi connectivity index (χ2v) is 13.2. The lowest BCUT2D eigenvalue weighted by Crippen LogP contribution is -2.46. The number of rotatable bonds is 6. The Morgan fingerprint density at radius 2 is 1.48 bits per heavy atom. The summed E-state index contributed by atoms with van der Waals surface area (Å²) in [5.41, 5.74) is 5.86. The van der Waals surface area contributed by atoms with E-state index >= 15 is 0 Å². The Kier molecular flexibility index (Phi) is 7.39. The van der Waals surface area contributed by atoms with Gasteiger partial charge in [-0.1, -0.05) is 36.4 Å². The molecule has 0 unspecified atom stereocenters. The van der Waals surface area contributed by atoms with Crippen molar-refractivity contribution in [3.8, 4) is 0 Å². The van der Waals surface area contributed by atoms with E-state index in [0.29, 0.717) is 17.5 Å². The molecule has 33 heavy (non-hydrogen) atoms. The number of carbonyl (C=O) groups is 1. The number of hydrogen-bond donors (Lipinski definition) is 0. The lowest BCUT2D eigenvalue weighted by molar-refractivity contribution is -0.00527. The molecular weight excluding hydrogens is 434 g/mol. The van der Waals surface area contributed by atoms with Crippen molar-refractivity contribution in [2.24, 2.45) is 0 Å². The van der Waals surface area contributed by atoms with Gasteiger partial charge in [0.2, 0.25) is 0 Å². The van der Waals surface area contributed by atoms with Gasteiger partial charge in [0.15, 0.2) is 15.6 Å². The predicted octanol–water partition coefficient (Wildman–Crippen LogP) is 5.06. The number of ketones is 1. The fraction of sp³-hybridized carbons (Fsp3) is 0.519. The molecule has 3 rings (SSSR count). The highest BCUT2D eigenvalue weighted by Crippen LogP contribution is 2.30. The van der Waals surface area contributed by atoms with Gasteiger partial charge >= 0.3 is 0 Å². The topological polar surface area (TPSA) is 63.7 Å². The van der Waals surface area contributed by atoms with E-state index in [9.17, 15) is 13.2 Å². The number of Topliss-reactive ketones (excluding diaryl/α,β-unsaturated/α-hetero) is 1. The van der Waals surface area contributed by atoms with Crippen LogP contribution in [0.5, 0.6) is 0 Å². The van der Waals surface area contributed by atoms with E-state index in [1.54, 1.807) is 45.0 Å². The molecule has 0 radical (unpaired) electrons. The van der Waals surface area contributed by atoms with E-state index in [1.807, 2.05) is 0 Å². The lowest BCUT2D eigenvalue weighted by Gasteiger charge is -2.38. The molecule has 0 spiro atoms. The van der Waals surface area contributed by atoms with Crippen molar-refractivity contribution in [2.45, 2.75) is 77.6 Å². The molecule has 0 bridgehead atoms. The fourth-order valence-electron chi connectivity index (χ4n) is 4.52. The number of carbonyl (C=O) groups excluding carboxylic acids is 1. The van der Waals surface area contributed by atoms with Gasteiger partial charge in [-0.25, -0.2) is 8.42 Å². The molecule has 0 saturated carbocycles. The Hall–Kier alpha value is -2.18. The molecule has 1 aliphatic heterocycles. The number of benzene rings is 2. The average Bonchev–Trinajstić information content (AvgIpc) is 2.66. The van der Waals surface area contributed by atoms with Crippen LogP contribution in [0, 0.1) is 13.8 Å². The van der Waals surface area contributed by atoms with Crippen molar-refractivity contribution in [1.29, 1.82) is 0 Å². The van der Waals surface area contributed by atoms with Crippen LogP contribution >= 0.6 is 0 Å². The number of ether oxygens (including phenoxy) is 1. The van der Waals surface area contributed by atoms with Gasteiger partial charge in [-0.3, -0.25) is 4.79 Å². The van der Waals surface area contributed by atoms with Crippen LogP contribution in [0.2, 0.25) is 0 Å². The molecule has 0 amide bonds. The zero-order chi connectivity index (χ0) is 24.6. The van der Waals surface area contributed by atoms with Crippen LogP contribution in [-0.2, 0) is 26.7 Å². The largest absolute Gasteiger partial charge is 0.372 e. The summed E-state index contributed by atoms with van der Waals surface area (Å²) in [4.78, 5) is 15.3. The van der Waals surface area contributed by atoms with Gasteiger partial charge in [0, 0.05) is 30.8 Å². The van der Waals surface area contributed by atoms with Crippen LogP contribution in [-0.4, -0.2) is 44.2 Å². The standard InChI is InChI=1S/C27H37NO4S/c1-18-12-23(13-19(2)26(18)28-15-20(3)32-21(4)16-28)14-25(29)24-10-8-22(9-11-24)17-33(30,31)27(5,6)7/h8-13,20-21H,14-17H2,1-7H3/t20-,21+. The maximum absolute atomic E-state index is 12.9. The summed E-state index contributed by atoms with van der Waals surface area (Å²) in [5.74, 6) is 0.00393. The Bertz CT molecular complexity index is 1080. The minimum atomic E-state index is -3.26. The van der Waals surface area contributed by atoms with E-state index in [2.05, 4.69) is 44.7 Å². The molecular formula is C27H37NO4S. The van der Waals surface area contributed by atoms with Crippen LogP contribution in [0.4, 0.5) is 5.69 Å². The molecule has 2 aromatic rings. The van der Waals surface area contributed by atoms with Crippen LogP contribution < -0.4 is 4.90 Å². The molecule has 1 heterocycles. The predicted molar refractivity (Wildman–Crippen MR) is 135 cm³/mol. The Morgan fingerprint density at radius 1 is 0.970 bits per heavy atom. The molecule has 1 aliphatic rings. The maximum Gasteiger partial charge on any atom is 0.167 e. The quantitative estimate of drug-likeness (QED) is 0.551. The van der Waals surface area contributed by atoms with Crippen LogP contribution in [0.25, 0.3) is 0 Å². The SMILES string of the molecule is Cc1cc(CC(=O)c2ccc(CS(=O)(=O)C(C)(C)C)cc2)cc(C)c1N1C[C@@H](C)O[C@@H](C)C1. The molecule has 1 saturated heterocycles. The van der Waals surface area contributed by atoms with Crippen LogP contribution in [0.15, 0.2) is 36.4 Å². The molecule has 0 aromatic heterocycles. The first kappa shape index (κ1) is 25.4. The van der Waals surface area contributed by atoms with Gasteiger partial charge < -0.3 is 9.64 Å². The average molecular weight is 472 g/mol. The summed E-state index contributed by atoms with van der Waals surface area (Å²) >= 11 is 0. The Balaban J connectivity index is 1.73. The second-order valence-electron chi connectivity index (χ2n) is 10.4. The Morgan fingerprint density at radius 3 is 1.97 bits per heavy atom. The second kappa shape index (κ2) is 9.59. The number of anilines is 1. The monoisotopic (exact) mass is 471 g/mol. The normalized spacial score (nSPS) is 19.5. The van der Waals surface area contributed by atoms with Gasteiger partial charge in [0.25, 0.3) is 0 Å². The molecule has 6 heteroatoms. The molecule has 0 N–H and O–H groups in total. The van der Waals surface area contributed by atoms with E-state index in [4.69, 9.17) is 4.74 Å². The van der Waals surface area contributed by atoms with E-state index in [-0.39, 0.29) is 23.7 Å². The van der Waals surface area contributed by atoms with E-state index < -0.39 is 14.6 Å². The van der Waals surface area contributed by atoms with Gasteiger partial charge in [-0.15, -0.1) is 0 Å². The highest BCUT2D eigenvalue weighted by Gasteiger charge is 2.29. The van der Waals surface area contributed by atoms with Crippen LogP contribution in [0.3, 0.4) is 0 Å². The summed E-state index contributed by atoms with van der Waals surface area (Å²) in [5, 5.41) is 0. The number of aryl methyl sites for hydroxylation is 2. The van der Waals surface area contributed by atoms with E-state index in [0.717, 1.165) is 18.7 Å². The molecule has 180 valence electrons. The van der Waals surface area contributed by atoms with E-state index in [1.165, 1.54) is 16.8 Å². The molecule has 2 aromatic carbocycles. The Labute approximate surface area is 199 Å². The lowest BCUT2D eigenvalue weighted by atomic mass is 9.97. The minimum Gasteiger partial charge on any atom is -0.372 e. The van der Waals surface area contributed by atoms with Gasteiger partial charge in [-0.05, 0) is 70.7 Å². The number of hydrogen-bond acceptors (Lipinski definition) is 5. The number of morpholine rings is 1. The van der Waals surface area contributed by atoms with Crippen molar-refractivity contribution >= 4 is 21.3 Å². The summed E-state index contributed by atoms with van der Waals surface area (Å²) in [6.45, 7) is 15.2. The van der Waals surface area contributed by atoms with Crippen molar-refractivity contribution < 1.29 is 17.9 Å². The third kappa shape index (κ3) is 6.04. The summed E-state index contributed by atoms with van der Waals surface area (Å²) in [6.07, 6.45) is 0.697. The number of nitrogens with zero attached hydrogens (tertiary/aromatic N) is 1. The third-order valence-electron chi connectivity index (χ3n) is 6.22. The molecule has 0 aliphatic carbocycles. The van der Waals surface area contributed by atoms with Crippen LogP contribution in [0.1, 0.15) is 67.2 Å². The highest BCUT2D eigenvalue weighted by atomic mass is 32.2. The van der Waals surface area contributed by atoms with Gasteiger partial charge in [-0.2, -0.15) is 0 Å². The first-order valence-corrected chi connectivity index (χ1v) is 13.3. The summed E-state index contributed by atoms with van der Waals surface area (Å²) in [7, 11) is -3.26. The van der Waals surface area contributed by atoms with Crippen molar-refractivity contribution in [2.75, 3.05) is 18.0 Å². The van der Waals surface area contributed by atoms with Crippen molar-refractivity contribution in [1.82, 2.24) is 0 Å². The maximum atomic E-state index is 12.9. The molecule has 1 fully saturated rings. The van der Waals surface area contributed by atoms with Crippen molar-refractivity contribution in [3.05, 3.63) is 64.2 Å². The highest BCUT2D eigenvalue weighted by molar-refractivity contribution is 7.91. The number of sulfone groups is 1. The summed E-state index contributed by atoms with van der Waals surface area (Å²) in [6, 6.07) is 11.2. The fourth-order valence-corrected chi connectivity index (χ4v) is 5.58. The first-order chi connectivity index (χ1) is 15.3. The molecule has 5 nitrogen and oxygen atoms in total. The van der Waals surface area contributed by atoms with Gasteiger partial charge in [0.1, 0.15) is 0 Å². The first-order valence-electron chi connectivity index (χ1n) is 11.6. The van der Waals surface area contributed by atoms with Gasteiger partial charge in [0.05, 0.1) is 22.7 Å². The molecule has 2 atom stereocenters. The zero-order valence-corrected chi connectivity index (χ0v) is 21.8.